The summed E-state index contributed by atoms with van der Waals surface area (Å²) in [6, 6.07) is 5.74. The van der Waals surface area contributed by atoms with Crippen molar-refractivity contribution >= 4 is 11.9 Å². The molecule has 1 aliphatic rings. The SMILES string of the molecule is C[C@H](CCCC/C=C/C(=O)O)O[C@@H]1O[C@@H](C)[C@H](OC(=O)c2ccc(O)cc2)C[C@H]1O. The van der Waals surface area contributed by atoms with E-state index >= 15 is 0 Å². The number of aliphatic carboxylic acids is 1. The van der Waals surface area contributed by atoms with Gasteiger partial charge >= 0.3 is 11.9 Å². The highest BCUT2D eigenvalue weighted by Crippen LogP contribution is 2.26. The standard InChI is InChI=1S/C22H30O8/c1-14(7-5-3-4-6-8-20(25)26)28-22-18(24)13-19(15(2)29-22)30-21(27)16-9-11-17(23)12-10-16/h6,8-12,14-15,18-19,22-24H,3-5,7,13H2,1-2H3,(H,25,26)/b8-6+/t14-,15+,18-,19-,22-/m1/s1. The van der Waals surface area contributed by atoms with E-state index in [1.165, 1.54) is 24.3 Å². The van der Waals surface area contributed by atoms with E-state index in [4.69, 9.17) is 19.3 Å². The van der Waals surface area contributed by atoms with Crippen LogP contribution in [-0.2, 0) is 19.0 Å². The number of hydrogen-bond donors (Lipinski definition) is 3. The first-order valence-electron chi connectivity index (χ1n) is 10.1. The molecule has 1 saturated heterocycles. The molecule has 0 unspecified atom stereocenters. The number of benzene rings is 1. The van der Waals surface area contributed by atoms with Gasteiger partial charge in [0.05, 0.1) is 17.8 Å². The first-order chi connectivity index (χ1) is 14.3. The maximum absolute atomic E-state index is 12.3. The summed E-state index contributed by atoms with van der Waals surface area (Å²) in [4.78, 5) is 22.7. The number of rotatable bonds is 10. The Hall–Kier alpha value is -2.42. The Morgan fingerprint density at radius 2 is 1.97 bits per heavy atom. The van der Waals surface area contributed by atoms with E-state index in [-0.39, 0.29) is 18.3 Å². The Morgan fingerprint density at radius 1 is 1.27 bits per heavy atom. The highest BCUT2D eigenvalue weighted by atomic mass is 16.7. The first-order valence-corrected chi connectivity index (χ1v) is 10.1. The lowest BCUT2D eigenvalue weighted by Crippen LogP contribution is -2.49. The van der Waals surface area contributed by atoms with Crippen LogP contribution in [-0.4, -0.2) is 58.0 Å². The molecule has 1 aliphatic heterocycles. The van der Waals surface area contributed by atoms with Crippen LogP contribution in [0.5, 0.6) is 5.75 Å². The lowest BCUT2D eigenvalue weighted by molar-refractivity contribution is -0.273. The van der Waals surface area contributed by atoms with Crippen molar-refractivity contribution in [2.45, 2.75) is 76.7 Å². The zero-order chi connectivity index (χ0) is 22.1. The topological polar surface area (TPSA) is 123 Å². The van der Waals surface area contributed by atoms with Gasteiger partial charge in [0, 0.05) is 12.5 Å². The molecule has 166 valence electrons. The van der Waals surface area contributed by atoms with E-state index in [2.05, 4.69) is 0 Å². The molecule has 1 heterocycles. The monoisotopic (exact) mass is 422 g/mol. The molecule has 0 saturated carbocycles. The summed E-state index contributed by atoms with van der Waals surface area (Å²) in [5, 5.41) is 28.2. The van der Waals surface area contributed by atoms with E-state index in [0.717, 1.165) is 25.3 Å². The van der Waals surface area contributed by atoms with Crippen molar-refractivity contribution in [3.8, 4) is 5.75 Å². The van der Waals surface area contributed by atoms with Crippen LogP contribution in [0.1, 0.15) is 56.3 Å². The van der Waals surface area contributed by atoms with E-state index in [0.29, 0.717) is 12.0 Å². The van der Waals surface area contributed by atoms with Gasteiger partial charge in [0.15, 0.2) is 6.29 Å². The molecule has 30 heavy (non-hydrogen) atoms. The summed E-state index contributed by atoms with van der Waals surface area (Å²) in [6.07, 6.45) is 3.16. The average Bonchev–Trinajstić information content (AvgIpc) is 2.68. The molecule has 0 aliphatic carbocycles. The Balaban J connectivity index is 1.75. The molecule has 0 aromatic heterocycles. The van der Waals surface area contributed by atoms with Crippen molar-refractivity contribution in [1.29, 1.82) is 0 Å². The number of carboxylic acid groups (broad SMARTS) is 1. The molecule has 0 bridgehead atoms. The van der Waals surface area contributed by atoms with Crippen LogP contribution in [0, 0.1) is 0 Å². The highest BCUT2D eigenvalue weighted by Gasteiger charge is 2.38. The van der Waals surface area contributed by atoms with E-state index in [9.17, 15) is 19.8 Å². The number of aromatic hydroxyl groups is 1. The number of ether oxygens (including phenoxy) is 3. The minimum Gasteiger partial charge on any atom is -0.508 e. The number of phenolic OH excluding ortho intramolecular Hbond substituents is 1. The van der Waals surface area contributed by atoms with Crippen molar-refractivity contribution in [3.05, 3.63) is 42.0 Å². The third-order valence-corrected chi connectivity index (χ3v) is 4.88. The average molecular weight is 422 g/mol. The molecular formula is C22H30O8. The summed E-state index contributed by atoms with van der Waals surface area (Å²) in [5.41, 5.74) is 0.305. The van der Waals surface area contributed by atoms with Crippen LogP contribution in [0.4, 0.5) is 0 Å². The predicted octanol–water partition coefficient (Wildman–Crippen LogP) is 3.02. The van der Waals surface area contributed by atoms with Crippen molar-refractivity contribution in [1.82, 2.24) is 0 Å². The molecule has 0 amide bonds. The van der Waals surface area contributed by atoms with Crippen LogP contribution in [0.25, 0.3) is 0 Å². The zero-order valence-corrected chi connectivity index (χ0v) is 17.3. The smallest absolute Gasteiger partial charge is 0.338 e. The molecule has 0 radical (unpaired) electrons. The van der Waals surface area contributed by atoms with Gasteiger partial charge in [0.1, 0.15) is 18.0 Å². The summed E-state index contributed by atoms with van der Waals surface area (Å²) in [5.74, 6) is -1.44. The number of esters is 1. The lowest BCUT2D eigenvalue weighted by Gasteiger charge is -2.38. The largest absolute Gasteiger partial charge is 0.508 e. The lowest BCUT2D eigenvalue weighted by atomic mass is 10.0. The van der Waals surface area contributed by atoms with Gasteiger partial charge in [-0.2, -0.15) is 0 Å². The minimum absolute atomic E-state index is 0.0576. The van der Waals surface area contributed by atoms with Gasteiger partial charge in [0.2, 0.25) is 0 Å². The third kappa shape index (κ3) is 7.78. The van der Waals surface area contributed by atoms with Gasteiger partial charge in [0.25, 0.3) is 0 Å². The number of aliphatic hydroxyl groups excluding tert-OH is 1. The van der Waals surface area contributed by atoms with Gasteiger partial charge in [-0.15, -0.1) is 0 Å². The number of unbranched alkanes of at least 4 members (excludes halogenated alkanes) is 2. The molecule has 1 aromatic rings. The van der Waals surface area contributed by atoms with E-state index in [1.54, 1.807) is 13.0 Å². The van der Waals surface area contributed by atoms with Crippen molar-refractivity contribution in [2.75, 3.05) is 0 Å². The molecular weight excluding hydrogens is 392 g/mol. The first kappa shape index (κ1) is 23.9. The van der Waals surface area contributed by atoms with Crippen molar-refractivity contribution in [2.24, 2.45) is 0 Å². The second-order valence-corrected chi connectivity index (χ2v) is 7.48. The molecule has 3 N–H and O–H groups in total. The van der Waals surface area contributed by atoms with E-state index < -0.39 is 36.5 Å². The van der Waals surface area contributed by atoms with Gasteiger partial charge in [-0.1, -0.05) is 12.5 Å². The molecule has 8 nitrogen and oxygen atoms in total. The van der Waals surface area contributed by atoms with Gasteiger partial charge in [-0.3, -0.25) is 0 Å². The molecule has 5 atom stereocenters. The van der Waals surface area contributed by atoms with Crippen molar-refractivity contribution < 1.29 is 39.1 Å². The second-order valence-electron chi connectivity index (χ2n) is 7.48. The molecule has 1 aromatic carbocycles. The molecule has 1 fully saturated rings. The zero-order valence-electron chi connectivity index (χ0n) is 17.3. The molecule has 0 spiro atoms. The number of allylic oxidation sites excluding steroid dienone is 1. The minimum atomic E-state index is -0.948. The van der Waals surface area contributed by atoms with Crippen LogP contribution >= 0.6 is 0 Å². The Bertz CT molecular complexity index is 714. The predicted molar refractivity (Wildman–Crippen MR) is 108 cm³/mol. The maximum atomic E-state index is 12.3. The fraction of sp³-hybridized carbons (Fsp3) is 0.545. The van der Waals surface area contributed by atoms with Crippen LogP contribution in [0.15, 0.2) is 36.4 Å². The number of phenols is 1. The molecule has 8 heteroatoms. The highest BCUT2D eigenvalue weighted by molar-refractivity contribution is 5.89. The fourth-order valence-electron chi connectivity index (χ4n) is 3.18. The Morgan fingerprint density at radius 3 is 2.63 bits per heavy atom. The quantitative estimate of drug-likeness (QED) is 0.299. The number of carboxylic acids is 1. The van der Waals surface area contributed by atoms with Crippen LogP contribution < -0.4 is 0 Å². The third-order valence-electron chi connectivity index (χ3n) is 4.88. The van der Waals surface area contributed by atoms with Crippen LogP contribution in [0.3, 0.4) is 0 Å². The fourth-order valence-corrected chi connectivity index (χ4v) is 3.18. The van der Waals surface area contributed by atoms with E-state index in [1.807, 2.05) is 6.92 Å². The van der Waals surface area contributed by atoms with Crippen LogP contribution in [0.2, 0.25) is 0 Å². The summed E-state index contributed by atoms with van der Waals surface area (Å²) in [7, 11) is 0. The maximum Gasteiger partial charge on any atom is 0.338 e. The number of aliphatic hydroxyl groups is 1. The summed E-state index contributed by atoms with van der Waals surface area (Å²) in [6.45, 7) is 3.65. The number of carbonyl (C=O) groups is 2. The summed E-state index contributed by atoms with van der Waals surface area (Å²) >= 11 is 0. The Kier molecular flexibility index (Phi) is 9.29. The normalized spacial score (nSPS) is 25.2. The van der Waals surface area contributed by atoms with Gasteiger partial charge < -0.3 is 29.5 Å². The number of hydrogen-bond acceptors (Lipinski definition) is 7. The number of carbonyl (C=O) groups excluding carboxylic acids is 1. The van der Waals surface area contributed by atoms with Crippen molar-refractivity contribution in [3.63, 3.8) is 0 Å². The molecule has 2 rings (SSSR count). The summed E-state index contributed by atoms with van der Waals surface area (Å²) < 4.78 is 17.0. The Labute approximate surface area is 176 Å². The van der Waals surface area contributed by atoms with Gasteiger partial charge in [-0.25, -0.2) is 9.59 Å². The second kappa shape index (κ2) is 11.7. The van der Waals surface area contributed by atoms with Gasteiger partial charge in [-0.05, 0) is 57.4 Å².